The first-order chi connectivity index (χ1) is 13.9. The maximum absolute atomic E-state index is 5.04. The number of hydrogen-bond donors (Lipinski definition) is 0. The fourth-order valence-corrected chi connectivity index (χ4v) is 4.79. The summed E-state index contributed by atoms with van der Waals surface area (Å²) in [6.45, 7) is 0. The van der Waals surface area contributed by atoms with Crippen molar-refractivity contribution in [3.8, 4) is 11.1 Å². The zero-order valence-corrected chi connectivity index (χ0v) is 14.9. The smallest absolute Gasteiger partial charge is 0.148 e. The average Bonchev–Trinajstić information content (AvgIpc) is 3.32. The zero-order chi connectivity index (χ0) is 18.2. The summed E-state index contributed by atoms with van der Waals surface area (Å²) in [7, 11) is 0. The molecule has 0 spiro atoms. The van der Waals surface area contributed by atoms with Crippen molar-refractivity contribution < 1.29 is 0 Å². The molecule has 4 nitrogen and oxygen atoms in total. The summed E-state index contributed by atoms with van der Waals surface area (Å²) < 4.78 is 2.28. The van der Waals surface area contributed by atoms with Gasteiger partial charge >= 0.3 is 0 Å². The Morgan fingerprint density at radius 3 is 2.57 bits per heavy atom. The van der Waals surface area contributed by atoms with Crippen molar-refractivity contribution in [2.24, 2.45) is 0 Å². The molecule has 0 radical (unpaired) electrons. The quantitative estimate of drug-likeness (QED) is 0.352. The van der Waals surface area contributed by atoms with Gasteiger partial charge in [-0.05, 0) is 46.7 Å². The summed E-state index contributed by atoms with van der Waals surface area (Å²) in [6.07, 6.45) is 8.54. The maximum atomic E-state index is 5.04. The number of aromatic nitrogens is 4. The normalized spacial score (nSPS) is 12.9. The van der Waals surface area contributed by atoms with Crippen LogP contribution in [0.2, 0.25) is 0 Å². The minimum absolute atomic E-state index is 0.941. The highest BCUT2D eigenvalue weighted by atomic mass is 15.0. The number of imidazole rings is 1. The third-order valence-electron chi connectivity index (χ3n) is 5.97. The molecular weight excluding hydrogens is 344 g/mol. The van der Waals surface area contributed by atoms with Crippen molar-refractivity contribution in [1.29, 1.82) is 0 Å². The molecule has 0 saturated carbocycles. The number of nitrogens with zero attached hydrogens (tertiary/aromatic N) is 4. The number of benzene rings is 2. The molecule has 0 atom stereocenters. The Morgan fingerprint density at radius 2 is 1.61 bits per heavy atom. The van der Waals surface area contributed by atoms with Gasteiger partial charge in [-0.15, -0.1) is 0 Å². The van der Waals surface area contributed by atoms with Crippen molar-refractivity contribution in [3.63, 3.8) is 0 Å². The molecule has 7 rings (SSSR count). The van der Waals surface area contributed by atoms with Gasteiger partial charge in [-0.1, -0.05) is 30.3 Å². The molecule has 1 aliphatic carbocycles. The Balaban J connectivity index is 1.82. The number of fused-ring (bicyclic) bond motifs is 12. The van der Waals surface area contributed by atoms with Gasteiger partial charge in [-0.25, -0.2) is 4.98 Å². The van der Waals surface area contributed by atoms with Crippen molar-refractivity contribution in [1.82, 2.24) is 19.4 Å². The lowest BCUT2D eigenvalue weighted by Gasteiger charge is -2.10. The molecule has 28 heavy (non-hydrogen) atoms. The van der Waals surface area contributed by atoms with E-state index in [0.717, 1.165) is 33.9 Å². The molecule has 0 bridgehead atoms. The second-order valence-electron chi connectivity index (χ2n) is 7.39. The van der Waals surface area contributed by atoms with Crippen LogP contribution in [0.5, 0.6) is 0 Å². The highest BCUT2D eigenvalue weighted by Gasteiger charge is 2.24. The highest BCUT2D eigenvalue weighted by Crippen LogP contribution is 2.43. The van der Waals surface area contributed by atoms with Gasteiger partial charge in [0, 0.05) is 34.9 Å². The summed E-state index contributed by atoms with van der Waals surface area (Å²) in [5.74, 6) is 0. The van der Waals surface area contributed by atoms with E-state index < -0.39 is 0 Å². The SMILES string of the molecule is c1ccc2c(c1)Cc1ccc3nc4c5cnccc5c5ccncc5n4c3c1-2. The number of rotatable bonds is 0. The summed E-state index contributed by atoms with van der Waals surface area (Å²) in [4.78, 5) is 13.8. The lowest BCUT2D eigenvalue weighted by atomic mass is 10.0. The molecule has 0 saturated heterocycles. The predicted octanol–water partition coefficient (Wildman–Crippen LogP) is 5.16. The van der Waals surface area contributed by atoms with Crippen molar-refractivity contribution in [2.75, 3.05) is 0 Å². The van der Waals surface area contributed by atoms with Gasteiger partial charge in [-0.2, -0.15) is 0 Å². The Bertz CT molecular complexity index is 1590. The van der Waals surface area contributed by atoms with E-state index in [1.165, 1.54) is 33.2 Å². The minimum Gasteiger partial charge on any atom is -0.289 e. The van der Waals surface area contributed by atoms with Crippen LogP contribution in [0.1, 0.15) is 11.1 Å². The van der Waals surface area contributed by atoms with E-state index in [0.29, 0.717) is 0 Å². The molecular formula is C24H14N4. The second-order valence-corrected chi connectivity index (χ2v) is 7.39. The largest absolute Gasteiger partial charge is 0.289 e. The van der Waals surface area contributed by atoms with Crippen LogP contribution in [0.4, 0.5) is 0 Å². The molecule has 1 aliphatic rings. The zero-order valence-electron chi connectivity index (χ0n) is 14.9. The Labute approximate surface area is 160 Å². The summed E-state index contributed by atoms with van der Waals surface area (Å²) in [5, 5.41) is 3.40. The topological polar surface area (TPSA) is 43.1 Å². The first kappa shape index (κ1) is 14.3. The highest BCUT2D eigenvalue weighted by molar-refractivity contribution is 6.14. The second kappa shape index (κ2) is 4.93. The van der Waals surface area contributed by atoms with E-state index in [1.54, 1.807) is 0 Å². The average molecular weight is 358 g/mol. The van der Waals surface area contributed by atoms with E-state index in [-0.39, 0.29) is 0 Å². The number of pyridine rings is 3. The van der Waals surface area contributed by atoms with E-state index in [1.807, 2.05) is 24.8 Å². The van der Waals surface area contributed by atoms with Gasteiger partial charge in [0.1, 0.15) is 5.65 Å². The van der Waals surface area contributed by atoms with E-state index in [9.17, 15) is 0 Å². The van der Waals surface area contributed by atoms with Gasteiger partial charge in [0.2, 0.25) is 0 Å². The van der Waals surface area contributed by atoms with Crippen LogP contribution >= 0.6 is 0 Å². The molecule has 4 aromatic heterocycles. The summed E-state index contributed by atoms with van der Waals surface area (Å²) in [6, 6.07) is 17.2. The maximum Gasteiger partial charge on any atom is 0.148 e. The van der Waals surface area contributed by atoms with Gasteiger partial charge in [-0.3, -0.25) is 14.4 Å². The molecule has 4 heteroatoms. The summed E-state index contributed by atoms with van der Waals surface area (Å²) in [5.41, 5.74) is 9.55. The van der Waals surface area contributed by atoms with Crippen LogP contribution in [-0.2, 0) is 6.42 Å². The Hall–Kier alpha value is -3.79. The molecule has 0 N–H and O–H groups in total. The molecule has 0 aliphatic heterocycles. The molecule has 0 fully saturated rings. The molecule has 130 valence electrons. The van der Waals surface area contributed by atoms with Gasteiger partial charge in [0.15, 0.2) is 0 Å². The third kappa shape index (κ3) is 1.63. The van der Waals surface area contributed by atoms with Crippen molar-refractivity contribution >= 4 is 38.4 Å². The minimum atomic E-state index is 0.941. The van der Waals surface area contributed by atoms with Crippen molar-refractivity contribution in [3.05, 3.63) is 84.4 Å². The molecule has 0 unspecified atom stereocenters. The standard InChI is InChI=1S/C24H14N4/c1-2-4-16-14(3-1)11-15-5-6-20-23(22(15)16)28-21-13-26-10-8-18(21)17-7-9-25-12-19(17)24(28)27-20/h1-10,12-13H,11H2. The van der Waals surface area contributed by atoms with Gasteiger partial charge in [0.05, 0.1) is 22.7 Å². The molecule has 2 aromatic carbocycles. The first-order valence-electron chi connectivity index (χ1n) is 9.42. The Morgan fingerprint density at radius 1 is 0.750 bits per heavy atom. The van der Waals surface area contributed by atoms with Crippen LogP contribution in [0.3, 0.4) is 0 Å². The first-order valence-corrected chi connectivity index (χ1v) is 9.42. The van der Waals surface area contributed by atoms with Gasteiger partial charge in [0.25, 0.3) is 0 Å². The van der Waals surface area contributed by atoms with Crippen LogP contribution < -0.4 is 0 Å². The van der Waals surface area contributed by atoms with E-state index in [2.05, 4.69) is 62.9 Å². The third-order valence-corrected chi connectivity index (χ3v) is 5.97. The lowest BCUT2D eigenvalue weighted by Crippen LogP contribution is -1.94. The molecule has 4 heterocycles. The predicted molar refractivity (Wildman–Crippen MR) is 112 cm³/mol. The van der Waals surface area contributed by atoms with E-state index in [4.69, 9.17) is 4.98 Å². The van der Waals surface area contributed by atoms with Gasteiger partial charge < -0.3 is 0 Å². The molecule has 6 aromatic rings. The van der Waals surface area contributed by atoms with Crippen LogP contribution in [0, 0.1) is 0 Å². The monoisotopic (exact) mass is 358 g/mol. The number of hydrogen-bond acceptors (Lipinski definition) is 3. The molecule has 0 amide bonds. The van der Waals surface area contributed by atoms with Crippen LogP contribution in [0.25, 0.3) is 49.5 Å². The van der Waals surface area contributed by atoms with E-state index >= 15 is 0 Å². The summed E-state index contributed by atoms with van der Waals surface area (Å²) >= 11 is 0. The fraction of sp³-hybridized carbons (Fsp3) is 0.0417. The Kier molecular flexibility index (Phi) is 2.51. The fourth-order valence-electron chi connectivity index (χ4n) is 4.79. The van der Waals surface area contributed by atoms with Crippen LogP contribution in [-0.4, -0.2) is 19.4 Å². The lowest BCUT2D eigenvalue weighted by molar-refractivity contribution is 1.25. The van der Waals surface area contributed by atoms with Crippen molar-refractivity contribution in [2.45, 2.75) is 6.42 Å². The van der Waals surface area contributed by atoms with Crippen LogP contribution in [0.15, 0.2) is 73.3 Å².